The molecule has 0 saturated carbocycles. The number of para-hydroxylation sites is 1. The summed E-state index contributed by atoms with van der Waals surface area (Å²) in [6.07, 6.45) is 0. The lowest BCUT2D eigenvalue weighted by atomic mass is 10.3. The second kappa shape index (κ2) is 8.51. The minimum absolute atomic E-state index is 0.121. The predicted octanol–water partition coefficient (Wildman–Crippen LogP) is 4.54. The highest BCUT2D eigenvalue weighted by Gasteiger charge is 2.08. The van der Waals surface area contributed by atoms with Crippen LogP contribution in [0.5, 0.6) is 5.75 Å². The number of carbonyl (C=O) groups is 1. The molecule has 0 saturated heterocycles. The zero-order valence-corrected chi connectivity index (χ0v) is 15.0. The summed E-state index contributed by atoms with van der Waals surface area (Å²) in [6, 6.07) is 17.6. The van der Waals surface area contributed by atoms with E-state index in [0.717, 1.165) is 0 Å². The Hall–Kier alpha value is -2.83. The summed E-state index contributed by atoms with van der Waals surface area (Å²) in [4.78, 5) is 11.9. The van der Waals surface area contributed by atoms with E-state index in [-0.39, 0.29) is 12.5 Å². The van der Waals surface area contributed by atoms with E-state index in [4.69, 9.17) is 27.9 Å². The third kappa shape index (κ3) is 4.84. The molecule has 2 aromatic carbocycles. The largest absolute Gasteiger partial charge is 0.484 e. The number of amides is 1. The molecule has 2 N–H and O–H groups in total. The van der Waals surface area contributed by atoms with Gasteiger partial charge in [0.15, 0.2) is 18.2 Å². The smallest absolute Gasteiger partial charge is 0.263 e. The molecule has 0 aliphatic heterocycles. The Labute approximate surface area is 160 Å². The summed E-state index contributed by atoms with van der Waals surface area (Å²) in [5, 5.41) is 14.4. The van der Waals surface area contributed by atoms with Crippen molar-refractivity contribution in [1.29, 1.82) is 0 Å². The van der Waals surface area contributed by atoms with Crippen molar-refractivity contribution < 1.29 is 9.53 Å². The number of rotatable bonds is 6. The van der Waals surface area contributed by atoms with Crippen molar-refractivity contribution in [2.24, 2.45) is 0 Å². The maximum Gasteiger partial charge on any atom is 0.263 e. The van der Waals surface area contributed by atoms with Crippen molar-refractivity contribution in [1.82, 2.24) is 10.2 Å². The highest BCUT2D eigenvalue weighted by atomic mass is 35.5. The number of halogens is 2. The van der Waals surface area contributed by atoms with Gasteiger partial charge in [-0.25, -0.2) is 0 Å². The Morgan fingerprint density at radius 2 is 1.65 bits per heavy atom. The van der Waals surface area contributed by atoms with Gasteiger partial charge < -0.3 is 15.4 Å². The molecule has 8 heteroatoms. The number of ether oxygens (including phenoxy) is 1. The molecule has 0 atom stereocenters. The number of nitrogens with one attached hydrogen (secondary N) is 2. The van der Waals surface area contributed by atoms with Crippen LogP contribution in [0.25, 0.3) is 0 Å². The summed E-state index contributed by atoms with van der Waals surface area (Å²) in [7, 11) is 0. The van der Waals surface area contributed by atoms with E-state index in [1.54, 1.807) is 42.5 Å². The molecule has 26 heavy (non-hydrogen) atoms. The lowest BCUT2D eigenvalue weighted by Gasteiger charge is -2.09. The maximum absolute atomic E-state index is 11.9. The quantitative estimate of drug-likeness (QED) is 0.647. The van der Waals surface area contributed by atoms with Crippen molar-refractivity contribution in [3.8, 4) is 5.75 Å². The van der Waals surface area contributed by atoms with Crippen LogP contribution in [0, 0.1) is 0 Å². The van der Waals surface area contributed by atoms with E-state index in [1.807, 2.05) is 18.2 Å². The summed E-state index contributed by atoms with van der Waals surface area (Å²) < 4.78 is 5.37. The van der Waals surface area contributed by atoms with Crippen LogP contribution in [0.2, 0.25) is 10.0 Å². The van der Waals surface area contributed by atoms with E-state index in [9.17, 15) is 4.79 Å². The molecule has 3 rings (SSSR count). The number of anilines is 3. The van der Waals surface area contributed by atoms with Crippen molar-refractivity contribution in [2.75, 3.05) is 17.2 Å². The van der Waals surface area contributed by atoms with Crippen LogP contribution >= 0.6 is 23.2 Å². The first-order valence-electron chi connectivity index (χ1n) is 7.64. The van der Waals surface area contributed by atoms with Gasteiger partial charge in [-0.15, -0.1) is 10.2 Å². The number of nitrogens with zero attached hydrogens (tertiary/aromatic N) is 2. The van der Waals surface area contributed by atoms with Gasteiger partial charge in [0.25, 0.3) is 5.91 Å². The van der Waals surface area contributed by atoms with Crippen molar-refractivity contribution in [3.05, 3.63) is 70.7 Å². The Morgan fingerprint density at radius 3 is 2.38 bits per heavy atom. The second-order valence-electron chi connectivity index (χ2n) is 5.18. The minimum Gasteiger partial charge on any atom is -0.484 e. The van der Waals surface area contributed by atoms with Crippen LogP contribution in [0.15, 0.2) is 60.7 Å². The van der Waals surface area contributed by atoms with E-state index < -0.39 is 0 Å². The Morgan fingerprint density at radius 1 is 0.923 bits per heavy atom. The highest BCUT2D eigenvalue weighted by molar-refractivity contribution is 6.43. The highest BCUT2D eigenvalue weighted by Crippen LogP contribution is 2.31. The Bertz CT molecular complexity index is 889. The maximum atomic E-state index is 11.9. The van der Waals surface area contributed by atoms with Gasteiger partial charge in [0.1, 0.15) is 5.75 Å². The Balaban J connectivity index is 1.55. The topological polar surface area (TPSA) is 76.1 Å². The fourth-order valence-electron chi connectivity index (χ4n) is 2.05. The van der Waals surface area contributed by atoms with Gasteiger partial charge in [0.2, 0.25) is 0 Å². The summed E-state index contributed by atoms with van der Waals surface area (Å²) >= 11 is 12.1. The average molecular weight is 389 g/mol. The van der Waals surface area contributed by atoms with Crippen LogP contribution < -0.4 is 15.4 Å². The molecule has 0 aliphatic rings. The van der Waals surface area contributed by atoms with E-state index in [2.05, 4.69) is 20.8 Å². The summed E-state index contributed by atoms with van der Waals surface area (Å²) in [5.41, 5.74) is 0.613. The zero-order chi connectivity index (χ0) is 18.4. The second-order valence-corrected chi connectivity index (χ2v) is 5.97. The summed E-state index contributed by atoms with van der Waals surface area (Å²) in [5.74, 6) is 1.07. The lowest BCUT2D eigenvalue weighted by molar-refractivity contribution is -0.118. The summed E-state index contributed by atoms with van der Waals surface area (Å²) in [6.45, 7) is -0.121. The number of carbonyl (C=O) groups excluding carboxylic acids is 1. The van der Waals surface area contributed by atoms with Crippen LogP contribution in [0.3, 0.4) is 0 Å². The first kappa shape index (κ1) is 18.0. The van der Waals surface area contributed by atoms with Crippen molar-refractivity contribution in [2.45, 2.75) is 0 Å². The number of aromatic nitrogens is 2. The van der Waals surface area contributed by atoms with Crippen molar-refractivity contribution >= 4 is 46.4 Å². The van der Waals surface area contributed by atoms with Crippen LogP contribution in [0.4, 0.5) is 17.3 Å². The van der Waals surface area contributed by atoms with E-state index >= 15 is 0 Å². The number of benzene rings is 2. The van der Waals surface area contributed by atoms with Crippen LogP contribution in [0.1, 0.15) is 0 Å². The standard InChI is InChI=1S/C18H14Cl2N4O2/c19-13-7-4-8-14(18(13)20)21-15-9-10-16(24-23-15)22-17(25)11-26-12-5-2-1-3-6-12/h1-10H,11H2,(H,21,23)(H,22,24,25). The van der Waals surface area contributed by atoms with Gasteiger partial charge in [-0.3, -0.25) is 4.79 Å². The Kier molecular flexibility index (Phi) is 5.88. The molecule has 132 valence electrons. The van der Waals surface area contributed by atoms with Gasteiger partial charge in [-0.05, 0) is 36.4 Å². The molecular formula is C18H14Cl2N4O2. The molecule has 0 aliphatic carbocycles. The molecule has 3 aromatic rings. The number of hydrogen-bond acceptors (Lipinski definition) is 5. The third-order valence-corrected chi connectivity index (χ3v) is 4.08. The molecule has 0 bridgehead atoms. The van der Waals surface area contributed by atoms with Crippen LogP contribution in [-0.4, -0.2) is 22.7 Å². The third-order valence-electron chi connectivity index (χ3n) is 3.26. The molecule has 1 aromatic heterocycles. The van der Waals surface area contributed by atoms with Gasteiger partial charge >= 0.3 is 0 Å². The minimum atomic E-state index is -0.332. The van der Waals surface area contributed by atoms with Gasteiger partial charge in [-0.2, -0.15) is 0 Å². The molecular weight excluding hydrogens is 375 g/mol. The molecule has 1 amide bonds. The average Bonchev–Trinajstić information content (AvgIpc) is 2.66. The first-order valence-corrected chi connectivity index (χ1v) is 8.40. The van der Waals surface area contributed by atoms with Gasteiger partial charge in [0, 0.05) is 0 Å². The lowest BCUT2D eigenvalue weighted by Crippen LogP contribution is -2.21. The molecule has 1 heterocycles. The predicted molar refractivity (Wildman–Crippen MR) is 102 cm³/mol. The SMILES string of the molecule is O=C(COc1ccccc1)Nc1ccc(Nc2cccc(Cl)c2Cl)nn1. The normalized spacial score (nSPS) is 10.2. The molecule has 0 fully saturated rings. The monoisotopic (exact) mass is 388 g/mol. The van der Waals surface area contributed by atoms with Crippen molar-refractivity contribution in [3.63, 3.8) is 0 Å². The van der Waals surface area contributed by atoms with Crippen LogP contribution in [-0.2, 0) is 4.79 Å². The fourth-order valence-corrected chi connectivity index (χ4v) is 2.40. The molecule has 0 unspecified atom stereocenters. The van der Waals surface area contributed by atoms with Gasteiger partial charge in [-0.1, -0.05) is 47.5 Å². The van der Waals surface area contributed by atoms with Gasteiger partial charge in [0.05, 0.1) is 15.7 Å². The molecule has 0 radical (unpaired) electrons. The molecule has 6 nitrogen and oxygen atoms in total. The van der Waals surface area contributed by atoms with E-state index in [0.29, 0.717) is 33.1 Å². The fraction of sp³-hybridized carbons (Fsp3) is 0.0556. The number of hydrogen-bond donors (Lipinski definition) is 2. The molecule has 0 spiro atoms. The first-order chi connectivity index (χ1) is 12.6. The zero-order valence-electron chi connectivity index (χ0n) is 13.4. The van der Waals surface area contributed by atoms with E-state index in [1.165, 1.54) is 0 Å².